The first-order valence-electron chi connectivity index (χ1n) is 6.58. The molecule has 0 radical (unpaired) electrons. The Labute approximate surface area is 127 Å². The van der Waals surface area contributed by atoms with Crippen LogP contribution in [0, 0.1) is 0 Å². The van der Waals surface area contributed by atoms with Gasteiger partial charge in [-0.15, -0.1) is 0 Å². The molecule has 0 atom stereocenters. The molecular weight excluding hydrogens is 288 g/mol. The van der Waals surface area contributed by atoms with E-state index in [0.717, 1.165) is 29.9 Å². The zero-order valence-corrected chi connectivity index (χ0v) is 11.9. The molecule has 0 aromatic heterocycles. The molecule has 1 aliphatic rings. The summed E-state index contributed by atoms with van der Waals surface area (Å²) in [4.78, 5) is 10.8. The molecule has 4 nitrogen and oxygen atoms in total. The van der Waals surface area contributed by atoms with E-state index in [1.807, 2.05) is 29.3 Å². The monoisotopic (exact) mass is 300 g/mol. The van der Waals surface area contributed by atoms with E-state index < -0.39 is 5.97 Å². The molecule has 1 N–H and O–H groups in total. The number of benzene rings is 2. The van der Waals surface area contributed by atoms with Crippen LogP contribution in [0.4, 0.5) is 5.69 Å². The van der Waals surface area contributed by atoms with Crippen LogP contribution in [0.25, 0.3) is 0 Å². The third-order valence-corrected chi connectivity index (χ3v) is 3.64. The number of carboxylic acids is 1. The zero-order valence-electron chi connectivity index (χ0n) is 11.2. The molecule has 0 aliphatic carbocycles. The maximum atomic E-state index is 10.8. The molecule has 0 saturated heterocycles. The predicted molar refractivity (Wildman–Crippen MR) is 83.4 cm³/mol. The van der Waals surface area contributed by atoms with Crippen molar-refractivity contribution >= 4 is 29.0 Å². The molecule has 3 rings (SSSR count). The molecule has 1 aliphatic heterocycles. The summed E-state index contributed by atoms with van der Waals surface area (Å²) >= 11 is 5.89. The third-order valence-electron chi connectivity index (χ3n) is 3.39. The molecule has 21 heavy (non-hydrogen) atoms. The fraction of sp³-hybridized carbons (Fsp3) is 0.125. The van der Waals surface area contributed by atoms with E-state index in [1.54, 1.807) is 24.3 Å². The van der Waals surface area contributed by atoms with E-state index in [0.29, 0.717) is 5.02 Å². The second kappa shape index (κ2) is 5.58. The van der Waals surface area contributed by atoms with Gasteiger partial charge < -0.3 is 5.11 Å². The van der Waals surface area contributed by atoms with E-state index >= 15 is 0 Å². The van der Waals surface area contributed by atoms with Gasteiger partial charge in [0.2, 0.25) is 0 Å². The highest BCUT2D eigenvalue weighted by atomic mass is 35.5. The third kappa shape index (κ3) is 2.90. The highest BCUT2D eigenvalue weighted by molar-refractivity contribution is 6.30. The van der Waals surface area contributed by atoms with Gasteiger partial charge in [-0.2, -0.15) is 5.10 Å². The van der Waals surface area contributed by atoms with Crippen LogP contribution in [-0.2, 0) is 0 Å². The fourth-order valence-electron chi connectivity index (χ4n) is 2.26. The van der Waals surface area contributed by atoms with Gasteiger partial charge in [0.05, 0.1) is 17.0 Å². The average Bonchev–Trinajstić information content (AvgIpc) is 2.98. The number of anilines is 1. The van der Waals surface area contributed by atoms with Crippen LogP contribution in [0.3, 0.4) is 0 Å². The summed E-state index contributed by atoms with van der Waals surface area (Å²) in [5.41, 5.74) is 3.24. The topological polar surface area (TPSA) is 52.9 Å². The summed E-state index contributed by atoms with van der Waals surface area (Å²) in [6.45, 7) is 0.782. The molecule has 0 fully saturated rings. The fourth-order valence-corrected chi connectivity index (χ4v) is 2.39. The molecule has 0 bridgehead atoms. The van der Waals surface area contributed by atoms with Crippen LogP contribution in [0.5, 0.6) is 0 Å². The van der Waals surface area contributed by atoms with Crippen molar-refractivity contribution in [3.05, 3.63) is 64.7 Å². The van der Waals surface area contributed by atoms with Gasteiger partial charge in [-0.3, -0.25) is 5.01 Å². The zero-order chi connectivity index (χ0) is 14.8. The lowest BCUT2D eigenvalue weighted by molar-refractivity contribution is 0.0697. The number of hydrogen-bond acceptors (Lipinski definition) is 3. The number of halogens is 1. The van der Waals surface area contributed by atoms with E-state index in [-0.39, 0.29) is 5.56 Å². The van der Waals surface area contributed by atoms with E-state index in [2.05, 4.69) is 5.10 Å². The number of hydrazone groups is 1. The highest BCUT2D eigenvalue weighted by Gasteiger charge is 2.17. The van der Waals surface area contributed by atoms with Gasteiger partial charge in [-0.25, -0.2) is 4.79 Å². The predicted octanol–water partition coefficient (Wildman–Crippen LogP) is 3.65. The Morgan fingerprint density at radius 3 is 2.38 bits per heavy atom. The second-order valence-corrected chi connectivity index (χ2v) is 5.22. The SMILES string of the molecule is O=C(O)c1ccc(N2CCC(c3ccc(Cl)cc3)=N2)cc1. The summed E-state index contributed by atoms with van der Waals surface area (Å²) in [5, 5.41) is 16.1. The molecule has 0 saturated carbocycles. The van der Waals surface area contributed by atoms with Gasteiger partial charge in [0.15, 0.2) is 0 Å². The average molecular weight is 301 g/mol. The van der Waals surface area contributed by atoms with Crippen LogP contribution >= 0.6 is 11.6 Å². The first kappa shape index (κ1) is 13.6. The first-order valence-corrected chi connectivity index (χ1v) is 6.95. The Hall–Kier alpha value is -2.33. The minimum atomic E-state index is -0.923. The van der Waals surface area contributed by atoms with Crippen molar-refractivity contribution in [1.29, 1.82) is 0 Å². The summed E-state index contributed by atoms with van der Waals surface area (Å²) in [6.07, 6.45) is 0.850. The lowest BCUT2D eigenvalue weighted by atomic mass is 10.1. The first-order chi connectivity index (χ1) is 10.1. The molecule has 5 heteroatoms. The molecule has 1 heterocycles. The number of rotatable bonds is 3. The smallest absolute Gasteiger partial charge is 0.335 e. The maximum Gasteiger partial charge on any atom is 0.335 e. The molecule has 2 aromatic carbocycles. The number of nitrogens with zero attached hydrogens (tertiary/aromatic N) is 2. The largest absolute Gasteiger partial charge is 0.478 e. The van der Waals surface area contributed by atoms with Crippen LogP contribution in [0.15, 0.2) is 53.6 Å². The standard InChI is InChI=1S/C16H13ClN2O2/c17-13-5-1-11(2-6-13)15-9-10-19(18-15)14-7-3-12(4-8-14)16(20)21/h1-8H,9-10H2,(H,20,21). The van der Waals surface area contributed by atoms with Crippen molar-refractivity contribution in [2.24, 2.45) is 5.10 Å². The highest BCUT2D eigenvalue weighted by Crippen LogP contribution is 2.22. The normalized spacial score (nSPS) is 14.1. The summed E-state index contributed by atoms with van der Waals surface area (Å²) in [6, 6.07) is 14.3. The Bertz CT molecular complexity index is 693. The van der Waals surface area contributed by atoms with Crippen LogP contribution in [-0.4, -0.2) is 23.3 Å². The number of aromatic carboxylic acids is 1. The lowest BCUT2D eigenvalue weighted by Gasteiger charge is -2.13. The van der Waals surface area contributed by atoms with Crippen molar-refractivity contribution in [1.82, 2.24) is 0 Å². The summed E-state index contributed by atoms with van der Waals surface area (Å²) in [7, 11) is 0. The lowest BCUT2D eigenvalue weighted by Crippen LogP contribution is -2.11. The number of carbonyl (C=O) groups is 1. The van der Waals surface area contributed by atoms with Crippen LogP contribution < -0.4 is 5.01 Å². The van der Waals surface area contributed by atoms with Crippen molar-refractivity contribution < 1.29 is 9.90 Å². The van der Waals surface area contributed by atoms with Crippen molar-refractivity contribution in [3.8, 4) is 0 Å². The van der Waals surface area contributed by atoms with Gasteiger partial charge in [0, 0.05) is 18.0 Å². The quantitative estimate of drug-likeness (QED) is 0.941. The molecule has 0 amide bonds. The molecular formula is C16H13ClN2O2. The van der Waals surface area contributed by atoms with E-state index in [1.165, 1.54) is 0 Å². The summed E-state index contributed by atoms with van der Waals surface area (Å²) in [5.74, 6) is -0.923. The molecule has 2 aromatic rings. The summed E-state index contributed by atoms with van der Waals surface area (Å²) < 4.78 is 0. The van der Waals surface area contributed by atoms with Gasteiger partial charge in [-0.1, -0.05) is 23.7 Å². The Morgan fingerprint density at radius 1 is 1.10 bits per heavy atom. The van der Waals surface area contributed by atoms with Crippen LogP contribution in [0.2, 0.25) is 5.02 Å². The van der Waals surface area contributed by atoms with Gasteiger partial charge in [-0.05, 0) is 42.0 Å². The van der Waals surface area contributed by atoms with Crippen molar-refractivity contribution in [2.45, 2.75) is 6.42 Å². The van der Waals surface area contributed by atoms with Gasteiger partial charge in [0.1, 0.15) is 0 Å². The number of hydrogen-bond donors (Lipinski definition) is 1. The minimum absolute atomic E-state index is 0.278. The minimum Gasteiger partial charge on any atom is -0.478 e. The Balaban J connectivity index is 1.81. The Kier molecular flexibility index (Phi) is 3.62. The maximum absolute atomic E-state index is 10.8. The van der Waals surface area contributed by atoms with Crippen molar-refractivity contribution in [2.75, 3.05) is 11.6 Å². The molecule has 0 unspecified atom stereocenters. The van der Waals surface area contributed by atoms with E-state index in [4.69, 9.17) is 16.7 Å². The molecule has 0 spiro atoms. The van der Waals surface area contributed by atoms with E-state index in [9.17, 15) is 4.79 Å². The Morgan fingerprint density at radius 2 is 1.76 bits per heavy atom. The van der Waals surface area contributed by atoms with Crippen molar-refractivity contribution in [3.63, 3.8) is 0 Å². The number of carboxylic acid groups (broad SMARTS) is 1. The van der Waals surface area contributed by atoms with Gasteiger partial charge in [0.25, 0.3) is 0 Å². The van der Waals surface area contributed by atoms with Crippen LogP contribution in [0.1, 0.15) is 22.3 Å². The second-order valence-electron chi connectivity index (χ2n) is 4.78. The van der Waals surface area contributed by atoms with Gasteiger partial charge >= 0.3 is 5.97 Å². The molecule has 106 valence electrons.